The molecule has 140 valence electrons. The highest BCUT2D eigenvalue weighted by Gasteiger charge is 2.25. The minimum atomic E-state index is -0.292. The summed E-state index contributed by atoms with van der Waals surface area (Å²) in [5, 5.41) is 0. The fraction of sp³-hybridized carbons (Fsp3) is 0.250. The third-order valence-corrected chi connectivity index (χ3v) is 4.35. The lowest BCUT2D eigenvalue weighted by atomic mass is 10.1. The Kier molecular flexibility index (Phi) is 8.31. The van der Waals surface area contributed by atoms with Gasteiger partial charge in [0.2, 0.25) is 5.89 Å². The van der Waals surface area contributed by atoms with E-state index >= 15 is 0 Å². The number of nitrogens with two attached hydrogens (primary N) is 1. The van der Waals surface area contributed by atoms with Gasteiger partial charge in [0, 0.05) is 17.2 Å². The van der Waals surface area contributed by atoms with Gasteiger partial charge in [-0.2, -0.15) is 0 Å². The molecule has 1 heterocycles. The Hall–Kier alpha value is -1.85. The van der Waals surface area contributed by atoms with E-state index in [2.05, 4.69) is 11.8 Å². The first-order chi connectivity index (χ1) is 11.6. The molecule has 2 atom stereocenters. The molecule has 0 aliphatic carbocycles. The molecule has 3 aromatic rings. The summed E-state index contributed by atoms with van der Waals surface area (Å²) < 4.78 is 6.13. The number of benzene rings is 2. The largest absolute Gasteiger partial charge is 0.438 e. The average Bonchev–Trinajstić information content (AvgIpc) is 3.07. The number of halogens is 2. The summed E-state index contributed by atoms with van der Waals surface area (Å²) in [5.41, 5.74) is 9.24. The first-order valence-electron chi connectivity index (χ1n) is 8.11. The second-order valence-corrected chi connectivity index (χ2v) is 6.19. The normalized spacial score (nSPS) is 12.8. The highest BCUT2D eigenvalue weighted by Crippen LogP contribution is 2.34. The lowest BCUT2D eigenvalue weighted by Crippen LogP contribution is -2.35. The molecule has 0 saturated carbocycles. The van der Waals surface area contributed by atoms with Crippen molar-refractivity contribution in [3.05, 3.63) is 66.6 Å². The van der Waals surface area contributed by atoms with Crippen LogP contribution in [0.4, 0.5) is 0 Å². The highest BCUT2D eigenvalue weighted by molar-refractivity contribution is 5.85. The van der Waals surface area contributed by atoms with Crippen LogP contribution >= 0.6 is 24.8 Å². The molecule has 0 spiro atoms. The summed E-state index contributed by atoms with van der Waals surface area (Å²) in [6, 6.07) is 19.9. The first-order valence-corrected chi connectivity index (χ1v) is 8.11. The zero-order valence-electron chi connectivity index (χ0n) is 15.1. The first kappa shape index (κ1) is 22.2. The topological polar surface area (TPSA) is 55.3 Å². The summed E-state index contributed by atoms with van der Waals surface area (Å²) in [5.74, 6) is 1.33. The Labute approximate surface area is 167 Å². The summed E-state index contributed by atoms with van der Waals surface area (Å²) in [7, 11) is 4.01. The minimum Gasteiger partial charge on any atom is -0.438 e. The predicted octanol–water partition coefficient (Wildman–Crippen LogP) is 4.80. The molecular weight excluding hydrogens is 369 g/mol. The van der Waals surface area contributed by atoms with Crippen LogP contribution in [0.3, 0.4) is 0 Å². The molecule has 0 radical (unpaired) electrons. The van der Waals surface area contributed by atoms with E-state index in [0.29, 0.717) is 5.89 Å². The zero-order valence-corrected chi connectivity index (χ0v) is 16.8. The van der Waals surface area contributed by atoms with Gasteiger partial charge in [0.15, 0.2) is 5.76 Å². The second-order valence-electron chi connectivity index (χ2n) is 6.19. The maximum atomic E-state index is 6.38. The average molecular weight is 394 g/mol. The molecule has 0 fully saturated rings. The van der Waals surface area contributed by atoms with Crippen molar-refractivity contribution in [3.8, 4) is 22.6 Å². The van der Waals surface area contributed by atoms with E-state index in [1.54, 1.807) is 0 Å². The maximum absolute atomic E-state index is 6.38. The molecule has 0 amide bonds. The van der Waals surface area contributed by atoms with E-state index in [0.717, 1.165) is 22.6 Å². The van der Waals surface area contributed by atoms with Crippen LogP contribution in [0, 0.1) is 0 Å². The van der Waals surface area contributed by atoms with Gasteiger partial charge in [-0.15, -0.1) is 24.8 Å². The van der Waals surface area contributed by atoms with E-state index in [4.69, 9.17) is 15.1 Å². The number of hydrogen-bond acceptors (Lipinski definition) is 4. The fourth-order valence-electron chi connectivity index (χ4n) is 2.58. The Morgan fingerprint density at radius 3 is 1.88 bits per heavy atom. The highest BCUT2D eigenvalue weighted by atomic mass is 35.5. The van der Waals surface area contributed by atoms with Crippen LogP contribution in [-0.2, 0) is 0 Å². The molecule has 0 aliphatic heterocycles. The number of hydrogen-bond donors (Lipinski definition) is 1. The van der Waals surface area contributed by atoms with Crippen LogP contribution in [-0.4, -0.2) is 30.0 Å². The van der Waals surface area contributed by atoms with Crippen LogP contribution in [0.5, 0.6) is 0 Å². The van der Waals surface area contributed by atoms with Crippen molar-refractivity contribution in [2.75, 3.05) is 14.1 Å². The third kappa shape index (κ3) is 4.65. The van der Waals surface area contributed by atoms with E-state index in [1.807, 2.05) is 74.8 Å². The molecule has 1 aromatic heterocycles. The quantitative estimate of drug-likeness (QED) is 0.675. The predicted molar refractivity (Wildman–Crippen MR) is 112 cm³/mol. The summed E-state index contributed by atoms with van der Waals surface area (Å²) in [6.45, 7) is 2.07. The minimum absolute atomic E-state index is 0. The van der Waals surface area contributed by atoms with Crippen molar-refractivity contribution in [3.63, 3.8) is 0 Å². The SMILES string of the molecule is CC(C(N)c1nc(-c2ccccc2)c(-c2ccccc2)o1)N(C)C.Cl.Cl. The van der Waals surface area contributed by atoms with E-state index in [-0.39, 0.29) is 36.9 Å². The fourth-order valence-corrected chi connectivity index (χ4v) is 2.58. The van der Waals surface area contributed by atoms with Crippen molar-refractivity contribution >= 4 is 24.8 Å². The van der Waals surface area contributed by atoms with Gasteiger partial charge in [-0.05, 0) is 21.0 Å². The van der Waals surface area contributed by atoms with Crippen molar-refractivity contribution in [1.29, 1.82) is 0 Å². The van der Waals surface area contributed by atoms with Crippen LogP contribution in [0.1, 0.15) is 18.9 Å². The Morgan fingerprint density at radius 1 is 0.885 bits per heavy atom. The molecule has 6 heteroatoms. The van der Waals surface area contributed by atoms with Crippen molar-refractivity contribution in [1.82, 2.24) is 9.88 Å². The van der Waals surface area contributed by atoms with E-state index in [1.165, 1.54) is 0 Å². The molecule has 0 saturated heterocycles. The zero-order chi connectivity index (χ0) is 17.1. The molecule has 2 aromatic carbocycles. The van der Waals surface area contributed by atoms with Gasteiger partial charge in [0.1, 0.15) is 5.69 Å². The molecular formula is C20H25Cl2N3O. The summed E-state index contributed by atoms with van der Waals surface area (Å²) in [4.78, 5) is 6.81. The Morgan fingerprint density at radius 2 is 1.38 bits per heavy atom. The van der Waals surface area contributed by atoms with Gasteiger partial charge in [0.25, 0.3) is 0 Å². The van der Waals surface area contributed by atoms with Gasteiger partial charge in [-0.3, -0.25) is 0 Å². The maximum Gasteiger partial charge on any atom is 0.214 e. The van der Waals surface area contributed by atoms with Gasteiger partial charge < -0.3 is 15.1 Å². The van der Waals surface area contributed by atoms with Crippen LogP contribution in [0.15, 0.2) is 65.1 Å². The van der Waals surface area contributed by atoms with Crippen LogP contribution < -0.4 is 5.73 Å². The van der Waals surface area contributed by atoms with Gasteiger partial charge in [0.05, 0.1) is 6.04 Å². The molecule has 3 rings (SSSR count). The summed E-state index contributed by atoms with van der Waals surface area (Å²) >= 11 is 0. The lowest BCUT2D eigenvalue weighted by Gasteiger charge is -2.23. The van der Waals surface area contributed by atoms with Crippen LogP contribution in [0.2, 0.25) is 0 Å². The molecule has 4 nitrogen and oxygen atoms in total. The molecule has 0 bridgehead atoms. The molecule has 0 aliphatic rings. The standard InChI is InChI=1S/C20H23N3O.2ClH/c1-14(23(2)3)17(21)20-22-18(15-10-6-4-7-11-15)19(24-20)16-12-8-5-9-13-16;;/h4-14,17H,21H2,1-3H3;2*1H. The van der Waals surface area contributed by atoms with Crippen molar-refractivity contribution in [2.24, 2.45) is 5.73 Å². The van der Waals surface area contributed by atoms with Gasteiger partial charge >= 0.3 is 0 Å². The van der Waals surface area contributed by atoms with Crippen molar-refractivity contribution in [2.45, 2.75) is 19.0 Å². The second kappa shape index (κ2) is 9.74. The molecule has 26 heavy (non-hydrogen) atoms. The van der Waals surface area contributed by atoms with E-state index < -0.39 is 0 Å². The number of rotatable bonds is 5. The Balaban J connectivity index is 0.00000169. The number of nitrogens with zero attached hydrogens (tertiary/aromatic N) is 2. The third-order valence-electron chi connectivity index (χ3n) is 4.35. The lowest BCUT2D eigenvalue weighted by molar-refractivity contribution is 0.251. The van der Waals surface area contributed by atoms with Crippen molar-refractivity contribution < 1.29 is 4.42 Å². The van der Waals surface area contributed by atoms with Crippen LogP contribution in [0.25, 0.3) is 22.6 Å². The number of likely N-dealkylation sites (N-methyl/N-ethyl adjacent to an activating group) is 1. The van der Waals surface area contributed by atoms with Gasteiger partial charge in [-0.25, -0.2) is 4.98 Å². The summed E-state index contributed by atoms with van der Waals surface area (Å²) in [6.07, 6.45) is 0. The Bertz CT molecular complexity index is 734. The number of aromatic nitrogens is 1. The molecule has 2 unspecified atom stereocenters. The van der Waals surface area contributed by atoms with Gasteiger partial charge in [-0.1, -0.05) is 60.7 Å². The molecule has 2 N–H and O–H groups in total. The van der Waals surface area contributed by atoms with E-state index in [9.17, 15) is 0 Å². The number of oxazole rings is 1. The monoisotopic (exact) mass is 393 g/mol. The smallest absolute Gasteiger partial charge is 0.214 e.